The molecule has 0 spiro atoms. The fraction of sp³-hybridized carbons (Fsp3) is 0.593. The van der Waals surface area contributed by atoms with Crippen molar-refractivity contribution < 1.29 is 4.79 Å². The molecule has 1 aliphatic rings. The van der Waals surface area contributed by atoms with Crippen molar-refractivity contribution in [1.29, 1.82) is 0 Å². The summed E-state index contributed by atoms with van der Waals surface area (Å²) in [7, 11) is 0. The van der Waals surface area contributed by atoms with E-state index in [1.54, 1.807) is 0 Å². The molecule has 0 saturated heterocycles. The van der Waals surface area contributed by atoms with E-state index in [9.17, 15) is 4.79 Å². The van der Waals surface area contributed by atoms with Gasteiger partial charge in [-0.25, -0.2) is 0 Å². The van der Waals surface area contributed by atoms with Crippen molar-refractivity contribution in [2.45, 2.75) is 97.3 Å². The van der Waals surface area contributed by atoms with E-state index in [-0.39, 0.29) is 5.92 Å². The summed E-state index contributed by atoms with van der Waals surface area (Å²) in [5.41, 5.74) is 3.51. The van der Waals surface area contributed by atoms with E-state index >= 15 is 0 Å². The lowest BCUT2D eigenvalue weighted by Crippen LogP contribution is -2.19. The molecule has 0 aromatic heterocycles. The molecule has 0 heterocycles. The van der Waals surface area contributed by atoms with Crippen molar-refractivity contribution in [1.82, 2.24) is 0 Å². The van der Waals surface area contributed by atoms with E-state index in [2.05, 4.69) is 57.2 Å². The Kier molecular flexibility index (Phi) is 10.3. The smallest absolute Gasteiger partial charge is 0.165 e. The molecule has 1 aliphatic carbocycles. The SMILES string of the molecule is CCCCCCCCC1CCC=C(C=Cc2ccc(C(C)CCC)cc2)C1=O. The highest BCUT2D eigenvalue weighted by molar-refractivity contribution is 6.01. The van der Waals surface area contributed by atoms with Gasteiger partial charge in [0.05, 0.1) is 0 Å². The molecule has 2 unspecified atom stereocenters. The van der Waals surface area contributed by atoms with Crippen molar-refractivity contribution in [2.24, 2.45) is 5.92 Å². The first kappa shape index (κ1) is 22.7. The van der Waals surface area contributed by atoms with Gasteiger partial charge in [-0.2, -0.15) is 0 Å². The number of allylic oxidation sites excluding steroid dienone is 3. The molecule has 0 aliphatic heterocycles. The molecule has 154 valence electrons. The highest BCUT2D eigenvalue weighted by Gasteiger charge is 2.23. The summed E-state index contributed by atoms with van der Waals surface area (Å²) < 4.78 is 0. The number of benzene rings is 1. The average Bonchev–Trinajstić information content (AvgIpc) is 2.71. The zero-order valence-corrected chi connectivity index (χ0v) is 18.4. The van der Waals surface area contributed by atoms with Crippen LogP contribution >= 0.6 is 0 Å². The van der Waals surface area contributed by atoms with Crippen molar-refractivity contribution in [3.05, 3.63) is 53.1 Å². The fourth-order valence-electron chi connectivity index (χ4n) is 4.23. The predicted octanol–water partition coefficient (Wildman–Crippen LogP) is 8.26. The van der Waals surface area contributed by atoms with Gasteiger partial charge in [0.25, 0.3) is 0 Å². The van der Waals surface area contributed by atoms with Gasteiger partial charge in [0.2, 0.25) is 0 Å². The summed E-state index contributed by atoms with van der Waals surface area (Å²) in [5, 5.41) is 0. The summed E-state index contributed by atoms with van der Waals surface area (Å²) in [4.78, 5) is 12.8. The average molecular weight is 381 g/mol. The van der Waals surface area contributed by atoms with Crippen molar-refractivity contribution >= 4 is 11.9 Å². The number of carbonyl (C=O) groups is 1. The largest absolute Gasteiger partial charge is 0.294 e. The number of unbranched alkanes of at least 4 members (excludes halogenated alkanes) is 5. The molecule has 1 nitrogen and oxygen atoms in total. The van der Waals surface area contributed by atoms with Crippen molar-refractivity contribution in [2.75, 3.05) is 0 Å². The molecular formula is C27H40O. The lowest BCUT2D eigenvalue weighted by Gasteiger charge is -2.20. The molecular weight excluding hydrogens is 340 g/mol. The third-order valence-electron chi connectivity index (χ3n) is 6.12. The van der Waals surface area contributed by atoms with Crippen LogP contribution in [0, 0.1) is 5.92 Å². The number of ketones is 1. The first-order valence-electron chi connectivity index (χ1n) is 11.7. The molecule has 2 rings (SSSR count). The lowest BCUT2D eigenvalue weighted by molar-refractivity contribution is -0.119. The molecule has 0 amide bonds. The van der Waals surface area contributed by atoms with E-state index in [0.29, 0.717) is 11.7 Å². The van der Waals surface area contributed by atoms with Crippen LogP contribution in [0.25, 0.3) is 6.08 Å². The highest BCUT2D eigenvalue weighted by atomic mass is 16.1. The molecule has 0 radical (unpaired) electrons. The van der Waals surface area contributed by atoms with Gasteiger partial charge in [0.15, 0.2) is 5.78 Å². The van der Waals surface area contributed by atoms with Crippen LogP contribution in [0.4, 0.5) is 0 Å². The molecule has 0 saturated carbocycles. The third kappa shape index (κ3) is 7.41. The number of carbonyl (C=O) groups excluding carboxylic acids is 1. The molecule has 1 aromatic rings. The molecule has 1 heteroatoms. The van der Waals surface area contributed by atoms with Crippen LogP contribution in [0.5, 0.6) is 0 Å². The van der Waals surface area contributed by atoms with Gasteiger partial charge in [0.1, 0.15) is 0 Å². The van der Waals surface area contributed by atoms with Crippen LogP contribution in [-0.2, 0) is 4.79 Å². The van der Waals surface area contributed by atoms with E-state index in [1.165, 1.54) is 62.5 Å². The summed E-state index contributed by atoms with van der Waals surface area (Å²) in [5.74, 6) is 1.23. The Morgan fingerprint density at radius 1 is 0.964 bits per heavy atom. The summed E-state index contributed by atoms with van der Waals surface area (Å²) in [6.45, 7) is 6.79. The van der Waals surface area contributed by atoms with E-state index < -0.39 is 0 Å². The second kappa shape index (κ2) is 12.8. The van der Waals surface area contributed by atoms with Gasteiger partial charge in [-0.3, -0.25) is 4.79 Å². The summed E-state index contributed by atoms with van der Waals surface area (Å²) in [6.07, 6.45) is 19.7. The first-order valence-corrected chi connectivity index (χ1v) is 11.7. The molecule has 0 N–H and O–H groups in total. The second-order valence-electron chi connectivity index (χ2n) is 8.54. The van der Waals surface area contributed by atoms with Crippen LogP contribution in [-0.4, -0.2) is 5.78 Å². The number of rotatable bonds is 12. The highest BCUT2D eigenvalue weighted by Crippen LogP contribution is 2.27. The number of Topliss-reactive ketones (excluding diaryl/α,β-unsaturated/α-hetero) is 1. The Balaban J connectivity index is 1.84. The molecule has 0 fully saturated rings. The maximum absolute atomic E-state index is 12.8. The Morgan fingerprint density at radius 3 is 2.39 bits per heavy atom. The Labute approximate surface area is 173 Å². The molecule has 0 bridgehead atoms. The predicted molar refractivity (Wildman–Crippen MR) is 123 cm³/mol. The number of hydrogen-bond acceptors (Lipinski definition) is 1. The Morgan fingerprint density at radius 2 is 1.68 bits per heavy atom. The van der Waals surface area contributed by atoms with Gasteiger partial charge in [0, 0.05) is 11.5 Å². The maximum atomic E-state index is 12.8. The quantitative estimate of drug-likeness (QED) is 0.333. The minimum absolute atomic E-state index is 0.244. The van der Waals surface area contributed by atoms with Crippen LogP contribution in [0.2, 0.25) is 0 Å². The molecule has 28 heavy (non-hydrogen) atoms. The van der Waals surface area contributed by atoms with E-state index in [4.69, 9.17) is 0 Å². The monoisotopic (exact) mass is 380 g/mol. The summed E-state index contributed by atoms with van der Waals surface area (Å²) >= 11 is 0. The van der Waals surface area contributed by atoms with E-state index in [1.807, 2.05) is 6.08 Å². The maximum Gasteiger partial charge on any atom is 0.165 e. The number of hydrogen-bond donors (Lipinski definition) is 0. The minimum atomic E-state index is 0.244. The molecule has 2 atom stereocenters. The van der Waals surface area contributed by atoms with Gasteiger partial charge >= 0.3 is 0 Å². The van der Waals surface area contributed by atoms with Gasteiger partial charge in [-0.1, -0.05) is 108 Å². The standard InChI is InChI=1S/C27H40O/c1-4-6-7-8-9-10-13-25-14-11-15-26(27(25)28)21-18-23-16-19-24(20-17-23)22(3)12-5-2/h15-22,25H,4-14H2,1-3H3. The lowest BCUT2D eigenvalue weighted by atomic mass is 9.83. The summed E-state index contributed by atoms with van der Waals surface area (Å²) in [6, 6.07) is 8.83. The third-order valence-corrected chi connectivity index (χ3v) is 6.12. The van der Waals surface area contributed by atoms with Crippen LogP contribution in [0.1, 0.15) is 108 Å². The minimum Gasteiger partial charge on any atom is -0.294 e. The van der Waals surface area contributed by atoms with Crippen LogP contribution in [0.15, 0.2) is 42.0 Å². The second-order valence-corrected chi connectivity index (χ2v) is 8.54. The van der Waals surface area contributed by atoms with E-state index in [0.717, 1.165) is 24.8 Å². The Hall–Kier alpha value is -1.63. The zero-order valence-electron chi connectivity index (χ0n) is 18.4. The fourth-order valence-corrected chi connectivity index (χ4v) is 4.23. The van der Waals surface area contributed by atoms with Gasteiger partial charge in [-0.15, -0.1) is 0 Å². The molecule has 1 aromatic carbocycles. The Bertz CT molecular complexity index is 635. The topological polar surface area (TPSA) is 17.1 Å². The van der Waals surface area contributed by atoms with Gasteiger partial charge in [-0.05, 0) is 42.7 Å². The first-order chi connectivity index (χ1) is 13.7. The van der Waals surface area contributed by atoms with Gasteiger partial charge < -0.3 is 0 Å². The van der Waals surface area contributed by atoms with Crippen LogP contribution in [0.3, 0.4) is 0 Å². The zero-order chi connectivity index (χ0) is 20.2. The van der Waals surface area contributed by atoms with Crippen molar-refractivity contribution in [3.63, 3.8) is 0 Å². The normalized spacial score (nSPS) is 18.5. The van der Waals surface area contributed by atoms with Crippen molar-refractivity contribution in [3.8, 4) is 0 Å². The van der Waals surface area contributed by atoms with Crippen LogP contribution < -0.4 is 0 Å².